The van der Waals surface area contributed by atoms with Gasteiger partial charge >= 0.3 is 0 Å². The van der Waals surface area contributed by atoms with Gasteiger partial charge in [-0.05, 0) is 66.8 Å². The lowest BCUT2D eigenvalue weighted by Gasteiger charge is -2.15. The Morgan fingerprint density at radius 2 is 1.04 bits per heavy atom. The molecule has 0 N–H and O–H groups in total. The van der Waals surface area contributed by atoms with Crippen LogP contribution in [-0.2, 0) is 0 Å². The summed E-state index contributed by atoms with van der Waals surface area (Å²) in [5.74, 6) is 0.0231. The normalized spacial score (nSPS) is 12.7. The predicted molar refractivity (Wildman–Crippen MR) is 191 cm³/mol. The fraction of sp³-hybridized carbons (Fsp3) is 0.0714. The molecule has 0 amide bonds. The van der Waals surface area contributed by atoms with Crippen LogP contribution in [-0.4, -0.2) is 25.7 Å². The summed E-state index contributed by atoms with van der Waals surface area (Å²) in [7, 11) is 0. The van der Waals surface area contributed by atoms with Crippen LogP contribution in [0, 0.1) is 0 Å². The number of Topliss-reactive ketones (excluding diaryl/α,β-unsaturated/α-hetero) is 1. The molecule has 8 rings (SSSR count). The van der Waals surface area contributed by atoms with Crippen molar-refractivity contribution in [3.05, 3.63) is 151 Å². The molecular formula is C42H30N4O. The van der Waals surface area contributed by atoms with Gasteiger partial charge in [-0.3, -0.25) is 4.79 Å². The van der Waals surface area contributed by atoms with E-state index in [1.54, 1.807) is 6.92 Å². The van der Waals surface area contributed by atoms with Gasteiger partial charge in [0.1, 0.15) is 0 Å². The van der Waals surface area contributed by atoms with Gasteiger partial charge in [-0.2, -0.15) is 0 Å². The largest absolute Gasteiger partial charge is 0.295 e. The molecule has 0 spiro atoms. The minimum absolute atomic E-state index is 0.0231. The number of rotatable bonds is 6. The molecule has 2 heterocycles. The third kappa shape index (κ3) is 5.53. The topological polar surface area (TPSA) is 68.6 Å². The van der Waals surface area contributed by atoms with Gasteiger partial charge < -0.3 is 0 Å². The van der Waals surface area contributed by atoms with E-state index < -0.39 is 0 Å². The van der Waals surface area contributed by atoms with Crippen molar-refractivity contribution < 1.29 is 4.79 Å². The maximum atomic E-state index is 12.2. The van der Waals surface area contributed by atoms with Crippen LogP contribution < -0.4 is 0 Å². The van der Waals surface area contributed by atoms with Crippen molar-refractivity contribution in [1.29, 1.82) is 0 Å². The summed E-state index contributed by atoms with van der Waals surface area (Å²) in [5.41, 5.74) is 13.4. The van der Waals surface area contributed by atoms with Gasteiger partial charge in [-0.1, -0.05) is 109 Å². The molecule has 5 nitrogen and oxygen atoms in total. The second-order valence-electron chi connectivity index (χ2n) is 11.8. The molecule has 0 bridgehead atoms. The Bertz CT molecular complexity index is 2380. The molecule has 2 aromatic heterocycles. The van der Waals surface area contributed by atoms with Gasteiger partial charge in [-0.15, -0.1) is 0 Å². The second-order valence-corrected chi connectivity index (χ2v) is 11.8. The highest BCUT2D eigenvalue weighted by Crippen LogP contribution is 2.35. The quantitative estimate of drug-likeness (QED) is 0.176. The Balaban J connectivity index is 1.27. The number of nitrogens with zero attached hydrogens (tertiary/aromatic N) is 4. The van der Waals surface area contributed by atoms with E-state index in [-0.39, 0.29) is 5.78 Å². The van der Waals surface area contributed by atoms with Crippen molar-refractivity contribution in [3.8, 4) is 44.9 Å². The van der Waals surface area contributed by atoms with Gasteiger partial charge in [0.25, 0.3) is 0 Å². The monoisotopic (exact) mass is 606 g/mol. The van der Waals surface area contributed by atoms with Gasteiger partial charge in [0.05, 0.1) is 44.8 Å². The van der Waals surface area contributed by atoms with Gasteiger partial charge in [0.15, 0.2) is 5.78 Å². The van der Waals surface area contributed by atoms with E-state index >= 15 is 0 Å². The Morgan fingerprint density at radius 1 is 0.511 bits per heavy atom. The lowest BCUT2D eigenvalue weighted by atomic mass is 9.96. The SMILES string of the molecule is CC(=O)c1cccc(-c2nc3cc(-c4ccc5nc(-c6ccccc6)c(-c6ccccc6)nc5c4)ccc3nc2C2=CC=CCC2)c1. The van der Waals surface area contributed by atoms with Crippen LogP contribution >= 0.6 is 0 Å². The molecule has 0 atom stereocenters. The fourth-order valence-corrected chi connectivity index (χ4v) is 6.17. The van der Waals surface area contributed by atoms with Crippen LogP contribution in [0.1, 0.15) is 35.8 Å². The number of fused-ring (bicyclic) bond motifs is 2. The average molecular weight is 607 g/mol. The third-order valence-corrected chi connectivity index (χ3v) is 8.62. The van der Waals surface area contributed by atoms with Crippen LogP contribution in [0.5, 0.6) is 0 Å². The predicted octanol–water partition coefficient (Wildman–Crippen LogP) is 10.2. The number of benzene rings is 5. The second kappa shape index (κ2) is 12.0. The Morgan fingerprint density at radius 3 is 1.60 bits per heavy atom. The highest BCUT2D eigenvalue weighted by molar-refractivity contribution is 5.96. The van der Waals surface area contributed by atoms with Crippen LogP contribution in [0.4, 0.5) is 0 Å². The maximum absolute atomic E-state index is 12.2. The summed E-state index contributed by atoms with van der Waals surface area (Å²) >= 11 is 0. The van der Waals surface area contributed by atoms with Crippen LogP contribution in [0.15, 0.2) is 140 Å². The fourth-order valence-electron chi connectivity index (χ4n) is 6.17. The molecule has 0 radical (unpaired) electrons. The summed E-state index contributed by atoms with van der Waals surface area (Å²) in [6, 6.07) is 40.6. The molecule has 0 aliphatic heterocycles. The number of allylic oxidation sites excluding steroid dienone is 4. The molecule has 5 aromatic carbocycles. The van der Waals surface area contributed by atoms with Crippen LogP contribution in [0.25, 0.3) is 72.5 Å². The first-order chi connectivity index (χ1) is 23.1. The van der Waals surface area contributed by atoms with Crippen molar-refractivity contribution in [2.45, 2.75) is 19.8 Å². The highest BCUT2D eigenvalue weighted by Gasteiger charge is 2.18. The zero-order valence-corrected chi connectivity index (χ0v) is 25.9. The first-order valence-electron chi connectivity index (χ1n) is 15.8. The zero-order chi connectivity index (χ0) is 31.7. The third-order valence-electron chi connectivity index (χ3n) is 8.62. The lowest BCUT2D eigenvalue weighted by molar-refractivity contribution is 0.101. The highest BCUT2D eigenvalue weighted by atomic mass is 16.1. The molecule has 5 heteroatoms. The molecular weight excluding hydrogens is 576 g/mol. The maximum Gasteiger partial charge on any atom is 0.159 e. The summed E-state index contributed by atoms with van der Waals surface area (Å²) in [5, 5.41) is 0. The number of hydrogen-bond donors (Lipinski definition) is 0. The Kier molecular flexibility index (Phi) is 7.27. The Labute approximate surface area is 273 Å². The number of carbonyl (C=O) groups is 1. The summed E-state index contributed by atoms with van der Waals surface area (Å²) in [6.07, 6.45) is 8.22. The van der Waals surface area contributed by atoms with Crippen molar-refractivity contribution in [3.63, 3.8) is 0 Å². The van der Waals surface area contributed by atoms with Crippen LogP contribution in [0.2, 0.25) is 0 Å². The number of aromatic nitrogens is 4. The first-order valence-corrected chi connectivity index (χ1v) is 15.8. The number of carbonyl (C=O) groups excluding carboxylic acids is 1. The van der Waals surface area contributed by atoms with Gasteiger partial charge in [0.2, 0.25) is 0 Å². The van der Waals surface area contributed by atoms with E-state index in [9.17, 15) is 4.79 Å². The molecule has 1 aliphatic rings. The van der Waals surface area contributed by atoms with Gasteiger partial charge in [-0.25, -0.2) is 19.9 Å². The van der Waals surface area contributed by atoms with E-state index in [2.05, 4.69) is 66.8 Å². The molecule has 0 unspecified atom stereocenters. The minimum Gasteiger partial charge on any atom is -0.295 e. The van der Waals surface area contributed by atoms with E-state index in [0.717, 1.165) is 91.1 Å². The molecule has 224 valence electrons. The molecule has 0 fully saturated rings. The number of ketones is 1. The summed E-state index contributed by atoms with van der Waals surface area (Å²) in [6.45, 7) is 1.59. The minimum atomic E-state index is 0.0231. The lowest BCUT2D eigenvalue weighted by Crippen LogP contribution is -2.01. The van der Waals surface area contributed by atoms with Crippen LogP contribution in [0.3, 0.4) is 0 Å². The molecule has 7 aromatic rings. The summed E-state index contributed by atoms with van der Waals surface area (Å²) in [4.78, 5) is 32.9. The standard InChI is InChI=1S/C42H30N4O/c1-27(47)31-18-11-19-34(24-31)42-41(30-16-9-4-10-17-30)44-36-23-21-33(26-38(36)46-42)32-20-22-35-37(25-32)45-40(29-14-7-3-8-15-29)39(43-35)28-12-5-2-6-13-28/h2-9,11-16,18-26H,10,17H2,1H3. The first kappa shape index (κ1) is 28.4. The van der Waals surface area contributed by atoms with Crippen molar-refractivity contribution in [1.82, 2.24) is 19.9 Å². The average Bonchev–Trinajstić information content (AvgIpc) is 3.14. The zero-order valence-electron chi connectivity index (χ0n) is 25.9. The molecule has 0 saturated heterocycles. The van der Waals surface area contributed by atoms with E-state index in [0.29, 0.717) is 5.56 Å². The van der Waals surface area contributed by atoms with E-state index in [1.807, 2.05) is 72.8 Å². The van der Waals surface area contributed by atoms with E-state index in [1.165, 1.54) is 0 Å². The smallest absolute Gasteiger partial charge is 0.159 e. The summed E-state index contributed by atoms with van der Waals surface area (Å²) < 4.78 is 0. The van der Waals surface area contributed by atoms with Crippen molar-refractivity contribution >= 4 is 33.4 Å². The van der Waals surface area contributed by atoms with Gasteiger partial charge in [0, 0.05) is 22.3 Å². The number of hydrogen-bond acceptors (Lipinski definition) is 5. The molecule has 47 heavy (non-hydrogen) atoms. The van der Waals surface area contributed by atoms with Crippen molar-refractivity contribution in [2.75, 3.05) is 0 Å². The van der Waals surface area contributed by atoms with Crippen molar-refractivity contribution in [2.24, 2.45) is 0 Å². The van der Waals surface area contributed by atoms with E-state index in [4.69, 9.17) is 19.9 Å². The Hall–Kier alpha value is -6.07. The molecule has 1 aliphatic carbocycles. The molecule has 0 saturated carbocycles.